The summed E-state index contributed by atoms with van der Waals surface area (Å²) in [6.07, 6.45) is 0. The van der Waals surface area contributed by atoms with Crippen LogP contribution in [-0.2, 0) is 16.2 Å². The fourth-order valence-electron chi connectivity index (χ4n) is 11.8. The van der Waals surface area contributed by atoms with Crippen LogP contribution in [0.2, 0.25) is 0 Å². The van der Waals surface area contributed by atoms with Gasteiger partial charge in [-0.1, -0.05) is 204 Å². The number of benzene rings is 9. The quantitative estimate of drug-likeness (QED) is 0.162. The first kappa shape index (κ1) is 36.6. The van der Waals surface area contributed by atoms with E-state index in [1.807, 2.05) is 0 Å². The molecular weight excluding hydrogens is 747 g/mol. The van der Waals surface area contributed by atoms with Gasteiger partial charge in [-0.2, -0.15) is 0 Å². The van der Waals surface area contributed by atoms with E-state index in [-0.39, 0.29) is 10.8 Å². The fraction of sp³-hybridized carbons (Fsp3) is 0.115. The van der Waals surface area contributed by atoms with Gasteiger partial charge < -0.3 is 4.90 Å². The minimum absolute atomic E-state index is 0.0943. The zero-order valence-corrected chi connectivity index (χ0v) is 35.7. The van der Waals surface area contributed by atoms with E-state index >= 15 is 0 Å². The Morgan fingerprint density at radius 3 is 1.37 bits per heavy atom. The molecular formula is C61H47N. The molecule has 3 aliphatic carbocycles. The summed E-state index contributed by atoms with van der Waals surface area (Å²) < 4.78 is 0. The van der Waals surface area contributed by atoms with Crippen molar-refractivity contribution in [3.05, 3.63) is 257 Å². The highest BCUT2D eigenvalue weighted by Crippen LogP contribution is 2.59. The van der Waals surface area contributed by atoms with E-state index in [1.165, 1.54) is 89.0 Å². The molecule has 9 aromatic carbocycles. The number of nitrogens with zero attached hydrogens (tertiary/aromatic N) is 1. The van der Waals surface area contributed by atoms with E-state index in [2.05, 4.69) is 245 Å². The Morgan fingerprint density at radius 2 is 0.726 bits per heavy atom. The minimum atomic E-state index is -0.521. The molecule has 0 saturated heterocycles. The Bertz CT molecular complexity index is 3190. The van der Waals surface area contributed by atoms with Gasteiger partial charge in [-0.05, 0) is 125 Å². The monoisotopic (exact) mass is 793 g/mol. The molecule has 0 N–H and O–H groups in total. The highest BCUT2D eigenvalue weighted by Gasteiger charge is 2.47. The van der Waals surface area contributed by atoms with Crippen molar-refractivity contribution in [1.29, 1.82) is 0 Å². The molecule has 0 atom stereocenters. The molecule has 0 amide bonds. The molecule has 0 radical (unpaired) electrons. The van der Waals surface area contributed by atoms with E-state index in [1.54, 1.807) is 0 Å². The Morgan fingerprint density at radius 1 is 0.290 bits per heavy atom. The molecule has 0 aliphatic heterocycles. The lowest BCUT2D eigenvalue weighted by atomic mass is 9.67. The molecule has 0 aromatic heterocycles. The van der Waals surface area contributed by atoms with Crippen LogP contribution in [0.15, 0.2) is 212 Å². The normalized spacial score (nSPS) is 15.2. The third kappa shape index (κ3) is 5.03. The van der Waals surface area contributed by atoms with Gasteiger partial charge in [0, 0.05) is 27.9 Å². The molecule has 0 heterocycles. The summed E-state index contributed by atoms with van der Waals surface area (Å²) in [5.41, 5.74) is 23.6. The molecule has 1 heteroatoms. The summed E-state index contributed by atoms with van der Waals surface area (Å²) in [4.78, 5) is 2.54. The number of fused-ring (bicyclic) bond motifs is 9. The van der Waals surface area contributed by atoms with Crippen LogP contribution < -0.4 is 4.90 Å². The second-order valence-corrected chi connectivity index (χ2v) is 18.4. The van der Waals surface area contributed by atoms with Crippen molar-refractivity contribution in [2.45, 2.75) is 43.9 Å². The summed E-state index contributed by atoms with van der Waals surface area (Å²) in [6, 6.07) is 79.8. The van der Waals surface area contributed by atoms with E-state index in [4.69, 9.17) is 0 Å². The van der Waals surface area contributed by atoms with Crippen LogP contribution in [-0.4, -0.2) is 0 Å². The Hall–Kier alpha value is -7.22. The van der Waals surface area contributed by atoms with Crippen molar-refractivity contribution in [3.63, 3.8) is 0 Å². The third-order valence-electron chi connectivity index (χ3n) is 14.5. The lowest BCUT2D eigenvalue weighted by Crippen LogP contribution is -2.28. The Kier molecular flexibility index (Phi) is 7.91. The second kappa shape index (κ2) is 13.4. The maximum absolute atomic E-state index is 2.54. The first-order valence-electron chi connectivity index (χ1n) is 22.0. The summed E-state index contributed by atoms with van der Waals surface area (Å²) in [6.45, 7) is 9.52. The van der Waals surface area contributed by atoms with Crippen molar-refractivity contribution in [3.8, 4) is 44.5 Å². The van der Waals surface area contributed by atoms with E-state index in [0.29, 0.717) is 0 Å². The SMILES string of the molecule is CC1(C)c2ccccc2-c2cc(N(c3cc(-c4ccccc4)c4c(c3)-c3ccccc3C4(C)C)c3ccc4c(c3)C(c3ccccc3)(c3ccccc3)c3ccccc3-4)ccc21. The van der Waals surface area contributed by atoms with Gasteiger partial charge in [-0.25, -0.2) is 0 Å². The summed E-state index contributed by atoms with van der Waals surface area (Å²) in [5, 5.41) is 0. The largest absolute Gasteiger partial charge is 0.310 e. The lowest BCUT2D eigenvalue weighted by molar-refractivity contribution is 0.660. The molecule has 12 rings (SSSR count). The summed E-state index contributed by atoms with van der Waals surface area (Å²) in [5.74, 6) is 0. The van der Waals surface area contributed by atoms with Crippen LogP contribution in [0.25, 0.3) is 44.5 Å². The average Bonchev–Trinajstić information content (AvgIpc) is 3.84. The van der Waals surface area contributed by atoms with E-state index in [0.717, 1.165) is 17.1 Å². The van der Waals surface area contributed by atoms with Gasteiger partial charge in [0.2, 0.25) is 0 Å². The van der Waals surface area contributed by atoms with Gasteiger partial charge in [0.05, 0.1) is 5.41 Å². The third-order valence-corrected chi connectivity index (χ3v) is 14.5. The van der Waals surface area contributed by atoms with Crippen LogP contribution in [0.4, 0.5) is 17.1 Å². The van der Waals surface area contributed by atoms with Gasteiger partial charge in [-0.3, -0.25) is 0 Å². The molecule has 0 fully saturated rings. The predicted octanol–water partition coefficient (Wildman–Crippen LogP) is 15.8. The van der Waals surface area contributed by atoms with Crippen molar-refractivity contribution in [2.75, 3.05) is 4.90 Å². The topological polar surface area (TPSA) is 3.24 Å². The highest BCUT2D eigenvalue weighted by molar-refractivity contribution is 5.96. The van der Waals surface area contributed by atoms with Gasteiger partial charge in [0.15, 0.2) is 0 Å². The maximum Gasteiger partial charge on any atom is 0.0714 e. The van der Waals surface area contributed by atoms with Crippen LogP contribution in [0.3, 0.4) is 0 Å². The Balaban J connectivity index is 1.17. The van der Waals surface area contributed by atoms with Crippen molar-refractivity contribution >= 4 is 17.1 Å². The molecule has 0 spiro atoms. The molecule has 0 bridgehead atoms. The number of anilines is 3. The molecule has 62 heavy (non-hydrogen) atoms. The van der Waals surface area contributed by atoms with E-state index < -0.39 is 5.41 Å². The zero-order chi connectivity index (χ0) is 41.8. The number of hydrogen-bond acceptors (Lipinski definition) is 1. The molecule has 1 nitrogen and oxygen atoms in total. The predicted molar refractivity (Wildman–Crippen MR) is 259 cm³/mol. The molecule has 3 aliphatic rings. The van der Waals surface area contributed by atoms with Crippen LogP contribution in [0.1, 0.15) is 72.2 Å². The number of rotatable bonds is 6. The van der Waals surface area contributed by atoms with Crippen LogP contribution in [0, 0.1) is 0 Å². The first-order chi connectivity index (χ1) is 30.3. The number of hydrogen-bond donors (Lipinski definition) is 0. The summed E-state index contributed by atoms with van der Waals surface area (Å²) in [7, 11) is 0. The minimum Gasteiger partial charge on any atom is -0.310 e. The highest BCUT2D eigenvalue weighted by atomic mass is 15.1. The zero-order valence-electron chi connectivity index (χ0n) is 35.7. The van der Waals surface area contributed by atoms with E-state index in [9.17, 15) is 0 Å². The molecule has 0 saturated carbocycles. The van der Waals surface area contributed by atoms with Crippen molar-refractivity contribution in [1.82, 2.24) is 0 Å². The van der Waals surface area contributed by atoms with Gasteiger partial charge in [0.25, 0.3) is 0 Å². The fourth-order valence-corrected chi connectivity index (χ4v) is 11.8. The summed E-state index contributed by atoms with van der Waals surface area (Å²) >= 11 is 0. The Labute approximate surface area is 365 Å². The van der Waals surface area contributed by atoms with Gasteiger partial charge in [-0.15, -0.1) is 0 Å². The first-order valence-corrected chi connectivity index (χ1v) is 22.0. The second-order valence-electron chi connectivity index (χ2n) is 18.4. The average molecular weight is 794 g/mol. The molecule has 9 aromatic rings. The smallest absolute Gasteiger partial charge is 0.0714 e. The van der Waals surface area contributed by atoms with Gasteiger partial charge >= 0.3 is 0 Å². The van der Waals surface area contributed by atoms with Crippen molar-refractivity contribution < 1.29 is 0 Å². The van der Waals surface area contributed by atoms with Gasteiger partial charge in [0.1, 0.15) is 0 Å². The molecule has 0 unspecified atom stereocenters. The maximum atomic E-state index is 2.54. The van der Waals surface area contributed by atoms with Crippen molar-refractivity contribution in [2.24, 2.45) is 0 Å². The molecule has 296 valence electrons. The standard InChI is InChI=1S/C61H47N/c1-59(2)53-29-17-14-27-47(53)51-36-43(33-35-55(51)59)62(45-37-50(40-20-8-5-9-21-40)58-52(38-45)48-28-15-18-30-54(48)60(58,3)4)44-32-34-49-46-26-16-19-31-56(46)61(57(49)39-44,41-22-10-6-11-23-41)42-24-12-7-13-25-42/h5-39H,1-4H3. The van der Waals surface area contributed by atoms with Crippen LogP contribution in [0.5, 0.6) is 0 Å². The lowest BCUT2D eigenvalue weighted by Gasteiger charge is -2.35. The van der Waals surface area contributed by atoms with Crippen LogP contribution >= 0.6 is 0 Å².